The summed E-state index contributed by atoms with van der Waals surface area (Å²) in [5.74, 6) is 0.371. The highest BCUT2D eigenvalue weighted by Crippen LogP contribution is 2.29. The number of likely N-dealkylation sites (N-methyl/N-ethyl adjacent to an activating group) is 1. The second kappa shape index (κ2) is 16.9. The Hall–Kier alpha value is -3.01. The lowest BCUT2D eigenvalue weighted by Gasteiger charge is -2.39. The molecule has 3 aromatic rings. The fraction of sp³-hybridized carbons (Fsp3) is 0.487. The number of carbonyl (C=O) groups excluding carboxylic acids is 2. The average Bonchev–Trinajstić information content (AvgIpc) is 3.12. The number of thioether (sulfide) groups is 1. The van der Waals surface area contributed by atoms with Crippen LogP contribution in [0.3, 0.4) is 0 Å². The van der Waals surface area contributed by atoms with Crippen molar-refractivity contribution in [2.45, 2.75) is 56.5 Å². The smallest absolute Gasteiger partial charge is 0.183 e. The van der Waals surface area contributed by atoms with Gasteiger partial charge in [-0.3, -0.25) is 19.4 Å². The number of anilines is 1. The third-order valence-corrected chi connectivity index (χ3v) is 10.4. The topological polar surface area (TPSA) is 62.3 Å². The Morgan fingerprint density at radius 1 is 0.766 bits per heavy atom. The van der Waals surface area contributed by atoms with E-state index in [0.29, 0.717) is 19.6 Å². The SMILES string of the molecule is CCC(Cc1ccc(C)cc1)(C(=O)c1ccc(N2CCOCC2)cc1)N(C)C.CSc1ccc(C(=O)C(C)(C)N2CCOCC2)cc1. The highest BCUT2D eigenvalue weighted by atomic mass is 32.2. The van der Waals surface area contributed by atoms with Gasteiger partial charge in [0.25, 0.3) is 0 Å². The molecular formula is C39H53N3O4S. The van der Waals surface area contributed by atoms with Gasteiger partial charge < -0.3 is 14.4 Å². The number of benzene rings is 3. The minimum Gasteiger partial charge on any atom is -0.379 e. The molecule has 7 nitrogen and oxygen atoms in total. The second-order valence-electron chi connectivity index (χ2n) is 13.1. The molecule has 47 heavy (non-hydrogen) atoms. The molecule has 8 heteroatoms. The minimum absolute atomic E-state index is 0.182. The summed E-state index contributed by atoms with van der Waals surface area (Å²) in [5.41, 5.74) is 4.14. The highest BCUT2D eigenvalue weighted by molar-refractivity contribution is 7.98. The van der Waals surface area contributed by atoms with Gasteiger partial charge in [0.15, 0.2) is 11.6 Å². The van der Waals surface area contributed by atoms with E-state index in [9.17, 15) is 9.59 Å². The van der Waals surface area contributed by atoms with Crippen LogP contribution in [0.25, 0.3) is 0 Å². The molecule has 254 valence electrons. The Bertz CT molecular complexity index is 1430. The van der Waals surface area contributed by atoms with Crippen molar-refractivity contribution >= 4 is 29.0 Å². The molecule has 0 aliphatic carbocycles. The normalized spacial score (nSPS) is 17.1. The van der Waals surface area contributed by atoms with Gasteiger partial charge in [-0.2, -0.15) is 0 Å². The molecule has 0 aromatic heterocycles. The molecule has 0 amide bonds. The van der Waals surface area contributed by atoms with Crippen molar-refractivity contribution in [3.63, 3.8) is 0 Å². The molecule has 2 fully saturated rings. The number of ether oxygens (including phenoxy) is 2. The van der Waals surface area contributed by atoms with Crippen molar-refractivity contribution in [2.24, 2.45) is 0 Å². The van der Waals surface area contributed by atoms with E-state index < -0.39 is 11.1 Å². The van der Waals surface area contributed by atoms with Crippen LogP contribution in [0.5, 0.6) is 0 Å². The first-order valence-electron chi connectivity index (χ1n) is 16.7. The Morgan fingerprint density at radius 2 is 1.28 bits per heavy atom. The Labute approximate surface area is 286 Å². The van der Waals surface area contributed by atoms with Gasteiger partial charge in [-0.1, -0.05) is 48.9 Å². The first kappa shape index (κ1) is 36.8. The Morgan fingerprint density at radius 3 is 1.79 bits per heavy atom. The minimum atomic E-state index is -0.546. The van der Waals surface area contributed by atoms with E-state index in [-0.39, 0.29) is 11.6 Å². The van der Waals surface area contributed by atoms with Crippen LogP contribution in [0.4, 0.5) is 5.69 Å². The first-order chi connectivity index (χ1) is 22.5. The summed E-state index contributed by atoms with van der Waals surface area (Å²) in [6.45, 7) is 14.6. The monoisotopic (exact) mass is 659 g/mol. The predicted octanol–water partition coefficient (Wildman–Crippen LogP) is 6.67. The number of nitrogens with zero attached hydrogens (tertiary/aromatic N) is 3. The van der Waals surface area contributed by atoms with E-state index in [0.717, 1.165) is 62.6 Å². The van der Waals surface area contributed by atoms with Gasteiger partial charge >= 0.3 is 0 Å². The van der Waals surface area contributed by atoms with Crippen LogP contribution in [0.2, 0.25) is 0 Å². The third-order valence-electron chi connectivity index (χ3n) is 9.70. The summed E-state index contributed by atoms with van der Waals surface area (Å²) in [4.78, 5) is 34.1. The zero-order valence-electron chi connectivity index (χ0n) is 29.4. The maximum Gasteiger partial charge on any atom is 0.183 e. The Balaban J connectivity index is 0.000000229. The van der Waals surface area contributed by atoms with Crippen LogP contribution < -0.4 is 4.90 Å². The first-order valence-corrected chi connectivity index (χ1v) is 18.0. The van der Waals surface area contributed by atoms with Crippen molar-refractivity contribution in [1.29, 1.82) is 0 Å². The maximum atomic E-state index is 13.6. The quantitative estimate of drug-likeness (QED) is 0.167. The molecule has 0 saturated carbocycles. The van der Waals surface area contributed by atoms with Crippen LogP contribution >= 0.6 is 11.8 Å². The molecule has 1 unspecified atom stereocenters. The van der Waals surface area contributed by atoms with Crippen molar-refractivity contribution in [3.8, 4) is 0 Å². The van der Waals surface area contributed by atoms with Gasteiger partial charge in [0.05, 0.1) is 37.5 Å². The Kier molecular flexibility index (Phi) is 13.2. The summed E-state index contributed by atoms with van der Waals surface area (Å²) >= 11 is 1.69. The van der Waals surface area contributed by atoms with Crippen LogP contribution in [0.1, 0.15) is 59.0 Å². The van der Waals surface area contributed by atoms with E-state index >= 15 is 0 Å². The lowest BCUT2D eigenvalue weighted by molar-refractivity contribution is -0.00430. The molecule has 0 bridgehead atoms. The number of hydrogen-bond donors (Lipinski definition) is 0. The van der Waals surface area contributed by atoms with Crippen LogP contribution in [-0.2, 0) is 15.9 Å². The molecule has 0 N–H and O–H groups in total. The standard InChI is InChI=1S/C24H32N2O2.C15H21NO2S/c1-5-24(25(3)4,18-20-8-6-19(2)7-9-20)23(27)21-10-12-22(13-11-21)26-14-16-28-17-15-26;1-15(2,16-8-10-18-11-9-16)14(17)12-4-6-13(19-3)7-5-12/h6-13H,5,14-18H2,1-4H3;4-7H,8-11H2,1-3H3. The number of hydrogen-bond acceptors (Lipinski definition) is 8. The van der Waals surface area contributed by atoms with Gasteiger partial charge in [0.2, 0.25) is 0 Å². The van der Waals surface area contributed by atoms with E-state index in [1.165, 1.54) is 16.0 Å². The van der Waals surface area contributed by atoms with Gasteiger partial charge in [0.1, 0.15) is 0 Å². The molecule has 0 spiro atoms. The van der Waals surface area contributed by atoms with E-state index in [4.69, 9.17) is 9.47 Å². The molecule has 2 aliphatic rings. The zero-order chi connectivity index (χ0) is 34.0. The predicted molar refractivity (Wildman–Crippen MR) is 194 cm³/mol. The lowest BCUT2D eigenvalue weighted by atomic mass is 9.80. The highest BCUT2D eigenvalue weighted by Gasteiger charge is 2.39. The number of carbonyl (C=O) groups is 2. The molecule has 1 atom stereocenters. The molecule has 0 radical (unpaired) electrons. The summed E-state index contributed by atoms with van der Waals surface area (Å²) in [6, 6.07) is 24.5. The largest absolute Gasteiger partial charge is 0.379 e. The van der Waals surface area contributed by atoms with Gasteiger partial charge in [0, 0.05) is 47.9 Å². The number of ketones is 2. The fourth-order valence-electron chi connectivity index (χ4n) is 6.36. The van der Waals surface area contributed by atoms with Crippen LogP contribution in [0, 0.1) is 6.92 Å². The number of rotatable bonds is 11. The van der Waals surface area contributed by atoms with Crippen molar-refractivity contribution in [2.75, 3.05) is 77.9 Å². The molecule has 2 saturated heterocycles. The fourth-order valence-corrected chi connectivity index (χ4v) is 6.77. The molecule has 5 rings (SSSR count). The maximum absolute atomic E-state index is 13.6. The lowest BCUT2D eigenvalue weighted by Crippen LogP contribution is -2.54. The van der Waals surface area contributed by atoms with E-state index in [1.807, 2.05) is 70.6 Å². The summed E-state index contributed by atoms with van der Waals surface area (Å²) in [6.07, 6.45) is 3.51. The van der Waals surface area contributed by atoms with Gasteiger partial charge in [-0.05, 0) is 95.9 Å². The molecule has 2 aliphatic heterocycles. The van der Waals surface area contributed by atoms with E-state index in [1.54, 1.807) is 11.8 Å². The van der Waals surface area contributed by atoms with Crippen molar-refractivity contribution in [1.82, 2.24) is 9.80 Å². The number of Topliss-reactive ketones (excluding diaryl/α,β-unsaturated/α-hetero) is 2. The van der Waals surface area contributed by atoms with Crippen molar-refractivity contribution in [3.05, 3.63) is 95.1 Å². The summed E-state index contributed by atoms with van der Waals surface area (Å²) < 4.78 is 10.8. The second-order valence-corrected chi connectivity index (χ2v) is 14.0. The summed E-state index contributed by atoms with van der Waals surface area (Å²) in [7, 11) is 4.02. The van der Waals surface area contributed by atoms with Crippen LogP contribution in [0.15, 0.2) is 77.7 Å². The van der Waals surface area contributed by atoms with Crippen molar-refractivity contribution < 1.29 is 19.1 Å². The van der Waals surface area contributed by atoms with E-state index in [2.05, 4.69) is 64.9 Å². The van der Waals surface area contributed by atoms with Crippen LogP contribution in [-0.4, -0.2) is 105 Å². The molecule has 3 aromatic carbocycles. The average molecular weight is 660 g/mol. The summed E-state index contributed by atoms with van der Waals surface area (Å²) in [5, 5.41) is 0. The number of morpholine rings is 2. The molecule has 2 heterocycles. The van der Waals surface area contributed by atoms with Gasteiger partial charge in [-0.25, -0.2) is 0 Å². The molecular weight excluding hydrogens is 607 g/mol. The zero-order valence-corrected chi connectivity index (χ0v) is 30.2. The van der Waals surface area contributed by atoms with Gasteiger partial charge in [-0.15, -0.1) is 11.8 Å². The third kappa shape index (κ3) is 9.12. The number of aryl methyl sites for hydroxylation is 1.